The first-order valence-electron chi connectivity index (χ1n) is 7.53. The van der Waals surface area contributed by atoms with Crippen LogP contribution in [0.3, 0.4) is 0 Å². The van der Waals surface area contributed by atoms with Gasteiger partial charge in [-0.05, 0) is 49.8 Å². The molecule has 0 amide bonds. The van der Waals surface area contributed by atoms with Crippen LogP contribution in [0.2, 0.25) is 0 Å². The van der Waals surface area contributed by atoms with Gasteiger partial charge < -0.3 is 9.88 Å². The molecule has 3 nitrogen and oxygen atoms in total. The summed E-state index contributed by atoms with van der Waals surface area (Å²) in [5, 5.41) is 13.4. The molecule has 22 heavy (non-hydrogen) atoms. The Labute approximate surface area is 130 Å². The fourth-order valence-electron chi connectivity index (χ4n) is 2.93. The molecule has 1 aromatic heterocycles. The Morgan fingerprint density at radius 2 is 1.95 bits per heavy atom. The summed E-state index contributed by atoms with van der Waals surface area (Å²) < 4.78 is 2.31. The van der Waals surface area contributed by atoms with E-state index < -0.39 is 0 Å². The predicted octanol–water partition coefficient (Wildman–Crippen LogP) is 3.71. The molecule has 0 aliphatic rings. The molecule has 0 aliphatic heterocycles. The molecular weight excluding hydrogens is 270 g/mol. The molecule has 0 saturated carbocycles. The fourth-order valence-corrected chi connectivity index (χ4v) is 2.93. The molecule has 1 heterocycles. The first kappa shape index (κ1) is 14.4. The molecular formula is C19H19N3. The highest BCUT2D eigenvalue weighted by atomic mass is 15.0. The van der Waals surface area contributed by atoms with Crippen molar-refractivity contribution in [3.05, 3.63) is 71.9 Å². The van der Waals surface area contributed by atoms with E-state index in [1.54, 1.807) is 0 Å². The molecule has 3 aromatic rings. The predicted molar refractivity (Wildman–Crippen MR) is 89.8 cm³/mol. The summed E-state index contributed by atoms with van der Waals surface area (Å²) >= 11 is 0. The van der Waals surface area contributed by atoms with Gasteiger partial charge in [0, 0.05) is 17.1 Å². The zero-order valence-corrected chi connectivity index (χ0v) is 12.7. The van der Waals surface area contributed by atoms with Gasteiger partial charge in [0.25, 0.3) is 0 Å². The van der Waals surface area contributed by atoms with Crippen LogP contribution in [0, 0.1) is 11.3 Å². The molecule has 110 valence electrons. The van der Waals surface area contributed by atoms with Crippen LogP contribution in [0.1, 0.15) is 23.6 Å². The molecule has 0 aliphatic carbocycles. The van der Waals surface area contributed by atoms with Crippen LogP contribution >= 0.6 is 0 Å². The Morgan fingerprint density at radius 3 is 2.68 bits per heavy atom. The quantitative estimate of drug-likeness (QED) is 0.778. The van der Waals surface area contributed by atoms with E-state index in [2.05, 4.69) is 52.5 Å². The number of benzene rings is 2. The summed E-state index contributed by atoms with van der Waals surface area (Å²) in [5.74, 6) is 0. The van der Waals surface area contributed by atoms with Gasteiger partial charge in [0.05, 0.1) is 17.7 Å². The lowest BCUT2D eigenvalue weighted by Gasteiger charge is -2.21. The fraction of sp³-hybridized carbons (Fsp3) is 0.211. The van der Waals surface area contributed by atoms with Gasteiger partial charge in [-0.1, -0.05) is 30.3 Å². The number of hydrogen-bond acceptors (Lipinski definition) is 2. The number of rotatable bonds is 5. The zero-order valence-electron chi connectivity index (χ0n) is 12.7. The van der Waals surface area contributed by atoms with E-state index in [0.717, 1.165) is 18.4 Å². The van der Waals surface area contributed by atoms with E-state index in [1.165, 1.54) is 11.1 Å². The van der Waals surface area contributed by atoms with E-state index in [1.807, 2.05) is 31.3 Å². The number of nitrogens with zero attached hydrogens (tertiary/aromatic N) is 2. The van der Waals surface area contributed by atoms with Crippen molar-refractivity contribution in [3.8, 4) is 6.07 Å². The van der Waals surface area contributed by atoms with Crippen LogP contribution in [0.15, 0.2) is 60.8 Å². The lowest BCUT2D eigenvalue weighted by molar-refractivity contribution is 0.539. The van der Waals surface area contributed by atoms with Crippen molar-refractivity contribution in [2.24, 2.45) is 0 Å². The third-order valence-electron chi connectivity index (χ3n) is 4.04. The number of fused-ring (bicyclic) bond motifs is 1. The number of hydrogen-bond donors (Lipinski definition) is 1. The van der Waals surface area contributed by atoms with Gasteiger partial charge in [-0.25, -0.2) is 0 Å². The maximum absolute atomic E-state index is 9.04. The van der Waals surface area contributed by atoms with E-state index in [0.29, 0.717) is 11.6 Å². The van der Waals surface area contributed by atoms with Gasteiger partial charge >= 0.3 is 0 Å². The van der Waals surface area contributed by atoms with Gasteiger partial charge in [0.2, 0.25) is 0 Å². The molecule has 2 aromatic carbocycles. The summed E-state index contributed by atoms with van der Waals surface area (Å²) in [6, 6.07) is 21.0. The smallest absolute Gasteiger partial charge is 0.0991 e. The number of aromatic nitrogens is 1. The third kappa shape index (κ3) is 2.74. The first-order valence-corrected chi connectivity index (χ1v) is 7.53. The Bertz CT molecular complexity index is 796. The number of nitriles is 1. The molecule has 0 spiro atoms. The highest BCUT2D eigenvalue weighted by Crippen LogP contribution is 2.28. The average molecular weight is 289 g/mol. The van der Waals surface area contributed by atoms with Gasteiger partial charge in [0.15, 0.2) is 0 Å². The normalized spacial score (nSPS) is 12.2. The van der Waals surface area contributed by atoms with E-state index in [9.17, 15) is 0 Å². The van der Waals surface area contributed by atoms with Crippen LogP contribution in [0.4, 0.5) is 0 Å². The summed E-state index contributed by atoms with van der Waals surface area (Å²) in [6.07, 6.45) is 3.14. The summed E-state index contributed by atoms with van der Waals surface area (Å²) in [5.41, 5.74) is 3.18. The molecule has 1 unspecified atom stereocenters. The molecule has 1 atom stereocenters. The lowest BCUT2D eigenvalue weighted by Crippen LogP contribution is -2.17. The lowest BCUT2D eigenvalue weighted by atomic mass is 10.0. The van der Waals surface area contributed by atoms with Crippen molar-refractivity contribution >= 4 is 10.9 Å². The largest absolute Gasteiger partial charge is 0.340 e. The SMILES string of the molecule is CNCCC(c1ccccc1)n1ccc2cc(C#N)ccc21. The second-order valence-corrected chi connectivity index (χ2v) is 5.43. The van der Waals surface area contributed by atoms with Crippen LogP contribution in [-0.4, -0.2) is 18.2 Å². The van der Waals surface area contributed by atoms with Crippen molar-refractivity contribution in [3.63, 3.8) is 0 Å². The average Bonchev–Trinajstić information content (AvgIpc) is 2.99. The summed E-state index contributed by atoms with van der Waals surface area (Å²) in [6.45, 7) is 0.954. The second kappa shape index (κ2) is 6.46. The molecule has 0 bridgehead atoms. The highest BCUT2D eigenvalue weighted by molar-refractivity contribution is 5.81. The Hall–Kier alpha value is -2.57. The minimum Gasteiger partial charge on any atom is -0.340 e. The van der Waals surface area contributed by atoms with Gasteiger partial charge in [-0.2, -0.15) is 5.26 Å². The minimum absolute atomic E-state index is 0.291. The molecule has 0 radical (unpaired) electrons. The number of nitrogens with one attached hydrogen (secondary N) is 1. The van der Waals surface area contributed by atoms with Crippen LogP contribution in [0.25, 0.3) is 10.9 Å². The molecule has 1 N–H and O–H groups in total. The van der Waals surface area contributed by atoms with Gasteiger partial charge in [0.1, 0.15) is 0 Å². The standard InChI is InChI=1S/C19H19N3/c1-21-11-9-19(16-5-3-2-4-6-16)22-12-10-17-13-15(14-20)7-8-18(17)22/h2-8,10,12-13,19,21H,9,11H2,1H3. The Kier molecular flexibility index (Phi) is 4.22. The third-order valence-corrected chi connectivity index (χ3v) is 4.04. The second-order valence-electron chi connectivity index (χ2n) is 5.43. The van der Waals surface area contributed by atoms with Crippen molar-refractivity contribution < 1.29 is 0 Å². The minimum atomic E-state index is 0.291. The van der Waals surface area contributed by atoms with Crippen LogP contribution < -0.4 is 5.32 Å². The Balaban J connectivity index is 2.06. The maximum atomic E-state index is 9.04. The topological polar surface area (TPSA) is 40.8 Å². The molecule has 0 fully saturated rings. The highest BCUT2D eigenvalue weighted by Gasteiger charge is 2.15. The maximum Gasteiger partial charge on any atom is 0.0991 e. The van der Waals surface area contributed by atoms with Crippen LogP contribution in [0.5, 0.6) is 0 Å². The zero-order chi connectivity index (χ0) is 15.4. The van der Waals surface area contributed by atoms with E-state index >= 15 is 0 Å². The monoisotopic (exact) mass is 289 g/mol. The van der Waals surface area contributed by atoms with Crippen molar-refractivity contribution in [2.75, 3.05) is 13.6 Å². The van der Waals surface area contributed by atoms with E-state index in [4.69, 9.17) is 5.26 Å². The van der Waals surface area contributed by atoms with Crippen molar-refractivity contribution in [1.82, 2.24) is 9.88 Å². The first-order chi connectivity index (χ1) is 10.8. The summed E-state index contributed by atoms with van der Waals surface area (Å²) in [4.78, 5) is 0. The van der Waals surface area contributed by atoms with Gasteiger partial charge in [-0.3, -0.25) is 0 Å². The van der Waals surface area contributed by atoms with E-state index in [-0.39, 0.29) is 0 Å². The van der Waals surface area contributed by atoms with Crippen molar-refractivity contribution in [1.29, 1.82) is 5.26 Å². The molecule has 0 saturated heterocycles. The van der Waals surface area contributed by atoms with Gasteiger partial charge in [-0.15, -0.1) is 0 Å². The Morgan fingerprint density at radius 1 is 1.14 bits per heavy atom. The van der Waals surface area contributed by atoms with Crippen molar-refractivity contribution in [2.45, 2.75) is 12.5 Å². The molecule has 3 rings (SSSR count). The van der Waals surface area contributed by atoms with Crippen LogP contribution in [-0.2, 0) is 0 Å². The summed E-state index contributed by atoms with van der Waals surface area (Å²) in [7, 11) is 1.98. The molecule has 3 heteroatoms.